The molecule has 3 rings (SSSR count). The number of carbonyl (C=O) groups excluding carboxylic acids is 3. The van der Waals surface area contributed by atoms with Crippen LogP contribution in [0.2, 0.25) is 0 Å². The van der Waals surface area contributed by atoms with E-state index in [1.54, 1.807) is 48.5 Å². The van der Waals surface area contributed by atoms with Gasteiger partial charge in [-0.05, 0) is 49.2 Å². The summed E-state index contributed by atoms with van der Waals surface area (Å²) in [4.78, 5) is 37.9. The average Bonchev–Trinajstić information content (AvgIpc) is 3.59. The average molecular weight is 391 g/mol. The fourth-order valence-corrected chi connectivity index (χ4v) is 2.74. The van der Waals surface area contributed by atoms with Gasteiger partial charge in [0.15, 0.2) is 6.61 Å². The third kappa shape index (κ3) is 5.66. The van der Waals surface area contributed by atoms with Crippen molar-refractivity contribution >= 4 is 29.2 Å². The molecule has 0 aromatic heterocycles. The number of esters is 1. The summed E-state index contributed by atoms with van der Waals surface area (Å²) in [5, 5.41) is 11.6. The number of carbonyl (C=O) groups is 3. The van der Waals surface area contributed by atoms with Crippen LogP contribution in [0.25, 0.3) is 0 Å². The van der Waals surface area contributed by atoms with Crippen molar-refractivity contribution in [2.45, 2.75) is 19.3 Å². The first-order valence-electron chi connectivity index (χ1n) is 9.39. The largest absolute Gasteiger partial charge is 0.452 e. The molecule has 0 saturated heterocycles. The predicted octanol–water partition coefficient (Wildman–Crippen LogP) is 3.14. The van der Waals surface area contributed by atoms with Crippen LogP contribution in [-0.4, -0.2) is 30.9 Å². The zero-order valence-electron chi connectivity index (χ0n) is 15.8. The van der Waals surface area contributed by atoms with Gasteiger partial charge in [-0.25, -0.2) is 4.79 Å². The molecular formula is C22H21N3O4. The summed E-state index contributed by atoms with van der Waals surface area (Å²) in [5.41, 5.74) is 1.53. The lowest BCUT2D eigenvalue weighted by molar-refractivity contribution is -0.121. The van der Waals surface area contributed by atoms with E-state index in [-0.39, 0.29) is 30.4 Å². The van der Waals surface area contributed by atoms with Gasteiger partial charge in [-0.1, -0.05) is 18.2 Å². The molecule has 1 aliphatic carbocycles. The lowest BCUT2D eigenvalue weighted by Crippen LogP contribution is -2.35. The second-order valence-electron chi connectivity index (χ2n) is 6.71. The lowest BCUT2D eigenvalue weighted by atomic mass is 10.2. The minimum Gasteiger partial charge on any atom is -0.452 e. The van der Waals surface area contributed by atoms with Crippen LogP contribution in [0.4, 0.5) is 11.4 Å². The van der Waals surface area contributed by atoms with Crippen molar-refractivity contribution in [2.75, 3.05) is 23.4 Å². The highest BCUT2D eigenvalue weighted by Crippen LogP contribution is 2.30. The molecule has 7 heteroatoms. The number of nitrogens with one attached hydrogen (secondary N) is 1. The van der Waals surface area contributed by atoms with E-state index < -0.39 is 18.5 Å². The number of hydrogen-bond acceptors (Lipinski definition) is 5. The number of benzene rings is 2. The number of nitrogens with zero attached hydrogens (tertiary/aromatic N) is 2. The summed E-state index contributed by atoms with van der Waals surface area (Å²) < 4.78 is 5.14. The van der Waals surface area contributed by atoms with Gasteiger partial charge in [0.1, 0.15) is 0 Å². The summed E-state index contributed by atoms with van der Waals surface area (Å²) in [5.74, 6) is -0.955. The number of hydrogen-bond donors (Lipinski definition) is 1. The molecule has 0 unspecified atom stereocenters. The minimum atomic E-state index is -0.633. The van der Waals surface area contributed by atoms with Gasteiger partial charge in [-0.15, -0.1) is 0 Å². The molecule has 1 aliphatic rings. The fourth-order valence-electron chi connectivity index (χ4n) is 2.74. The normalized spacial score (nSPS) is 12.5. The first kappa shape index (κ1) is 20.1. The monoisotopic (exact) mass is 391 g/mol. The Balaban J connectivity index is 1.56. The summed E-state index contributed by atoms with van der Waals surface area (Å²) >= 11 is 0. The lowest BCUT2D eigenvalue weighted by Gasteiger charge is -2.21. The van der Waals surface area contributed by atoms with Crippen molar-refractivity contribution in [2.24, 2.45) is 5.92 Å². The van der Waals surface area contributed by atoms with Crippen molar-refractivity contribution in [3.63, 3.8) is 0 Å². The fraction of sp³-hybridized carbons (Fsp3) is 0.273. The molecule has 0 radical (unpaired) electrons. The third-order valence-electron chi connectivity index (χ3n) is 4.48. The number of rotatable bonds is 8. The van der Waals surface area contributed by atoms with E-state index in [9.17, 15) is 14.4 Å². The summed E-state index contributed by atoms with van der Waals surface area (Å²) in [6, 6.07) is 17.3. The van der Waals surface area contributed by atoms with Crippen LogP contribution in [0.3, 0.4) is 0 Å². The van der Waals surface area contributed by atoms with Crippen LogP contribution in [0, 0.1) is 17.2 Å². The zero-order chi connectivity index (χ0) is 20.6. The standard InChI is InChI=1S/C22H21N3O4/c23-13-4-14-25(19-5-2-1-3-6-19)20(26)15-29-22(28)17-9-11-18(12-10-17)24-21(27)16-7-8-16/h1-3,5-6,9-12,16H,4,7-8,14-15H2,(H,24,27). The van der Waals surface area contributed by atoms with Crippen molar-refractivity contribution in [3.8, 4) is 6.07 Å². The van der Waals surface area contributed by atoms with Gasteiger partial charge in [0, 0.05) is 23.8 Å². The Kier molecular flexibility index (Phi) is 6.59. The van der Waals surface area contributed by atoms with Gasteiger partial charge < -0.3 is 15.0 Å². The van der Waals surface area contributed by atoms with Crippen LogP contribution >= 0.6 is 0 Å². The predicted molar refractivity (Wildman–Crippen MR) is 107 cm³/mol. The van der Waals surface area contributed by atoms with Gasteiger partial charge in [0.25, 0.3) is 5.91 Å². The maximum absolute atomic E-state index is 12.5. The van der Waals surface area contributed by atoms with Crippen LogP contribution in [0.1, 0.15) is 29.6 Å². The second kappa shape index (κ2) is 9.51. The molecule has 0 heterocycles. The van der Waals surface area contributed by atoms with E-state index in [1.807, 2.05) is 12.1 Å². The van der Waals surface area contributed by atoms with Crippen LogP contribution in [-0.2, 0) is 14.3 Å². The Bertz CT molecular complexity index is 915. The van der Waals surface area contributed by atoms with E-state index >= 15 is 0 Å². The van der Waals surface area contributed by atoms with Gasteiger partial charge in [0.05, 0.1) is 18.1 Å². The molecule has 1 saturated carbocycles. The van der Waals surface area contributed by atoms with Crippen molar-refractivity contribution < 1.29 is 19.1 Å². The number of ether oxygens (including phenoxy) is 1. The molecule has 2 aromatic carbocycles. The summed E-state index contributed by atoms with van der Waals surface area (Å²) in [7, 11) is 0. The smallest absolute Gasteiger partial charge is 0.338 e. The Hall–Kier alpha value is -3.66. The van der Waals surface area contributed by atoms with Crippen molar-refractivity contribution in [1.29, 1.82) is 5.26 Å². The molecule has 1 fully saturated rings. The van der Waals surface area contributed by atoms with Gasteiger partial charge in [-0.3, -0.25) is 9.59 Å². The molecule has 0 atom stereocenters. The Morgan fingerprint density at radius 3 is 2.38 bits per heavy atom. The Labute approximate surface area is 168 Å². The molecule has 7 nitrogen and oxygen atoms in total. The van der Waals surface area contributed by atoms with Crippen LogP contribution < -0.4 is 10.2 Å². The van der Waals surface area contributed by atoms with E-state index in [1.165, 1.54) is 4.90 Å². The molecule has 2 aromatic rings. The first-order chi connectivity index (χ1) is 14.1. The number of para-hydroxylation sites is 1. The first-order valence-corrected chi connectivity index (χ1v) is 9.39. The molecule has 0 spiro atoms. The highest BCUT2D eigenvalue weighted by molar-refractivity contribution is 5.98. The maximum atomic E-state index is 12.5. The Morgan fingerprint density at radius 2 is 1.76 bits per heavy atom. The highest BCUT2D eigenvalue weighted by Gasteiger charge is 2.29. The molecule has 29 heavy (non-hydrogen) atoms. The van der Waals surface area contributed by atoms with Crippen LogP contribution in [0.15, 0.2) is 54.6 Å². The quantitative estimate of drug-likeness (QED) is 0.697. The molecule has 1 N–H and O–H groups in total. The molecule has 0 aliphatic heterocycles. The van der Waals surface area contributed by atoms with E-state index in [4.69, 9.17) is 10.00 Å². The second-order valence-corrected chi connectivity index (χ2v) is 6.71. The van der Waals surface area contributed by atoms with E-state index in [2.05, 4.69) is 5.32 Å². The number of anilines is 2. The zero-order valence-corrected chi connectivity index (χ0v) is 15.8. The van der Waals surface area contributed by atoms with Crippen LogP contribution in [0.5, 0.6) is 0 Å². The minimum absolute atomic E-state index is 0.00991. The maximum Gasteiger partial charge on any atom is 0.338 e. The summed E-state index contributed by atoms with van der Waals surface area (Å²) in [6.07, 6.45) is 2.00. The molecular weight excluding hydrogens is 370 g/mol. The number of nitriles is 1. The summed E-state index contributed by atoms with van der Waals surface area (Å²) in [6.45, 7) is -0.217. The van der Waals surface area contributed by atoms with Crippen molar-refractivity contribution in [1.82, 2.24) is 0 Å². The van der Waals surface area contributed by atoms with Gasteiger partial charge >= 0.3 is 5.97 Å². The SMILES string of the molecule is N#CCCN(C(=O)COC(=O)c1ccc(NC(=O)C2CC2)cc1)c1ccccc1. The number of amides is 2. The third-order valence-corrected chi connectivity index (χ3v) is 4.48. The molecule has 0 bridgehead atoms. The van der Waals surface area contributed by atoms with E-state index in [0.717, 1.165) is 12.8 Å². The highest BCUT2D eigenvalue weighted by atomic mass is 16.5. The van der Waals surface area contributed by atoms with Gasteiger partial charge in [0.2, 0.25) is 5.91 Å². The van der Waals surface area contributed by atoms with Gasteiger partial charge in [-0.2, -0.15) is 5.26 Å². The Morgan fingerprint density at radius 1 is 1.07 bits per heavy atom. The van der Waals surface area contributed by atoms with E-state index in [0.29, 0.717) is 11.4 Å². The van der Waals surface area contributed by atoms with Crippen molar-refractivity contribution in [3.05, 3.63) is 60.2 Å². The molecule has 2 amide bonds. The topological polar surface area (TPSA) is 99.5 Å². The molecule has 148 valence electrons.